The third-order valence-electron chi connectivity index (χ3n) is 3.67. The van der Waals surface area contributed by atoms with Crippen molar-refractivity contribution >= 4 is 23.8 Å². The molecule has 1 rings (SSSR count). The number of amides is 2. The van der Waals surface area contributed by atoms with Crippen molar-refractivity contribution in [1.29, 1.82) is 0 Å². The molecule has 20 heavy (non-hydrogen) atoms. The molecular formula is C13H25N3O3S. The van der Waals surface area contributed by atoms with Crippen LogP contribution >= 0.6 is 11.8 Å². The Morgan fingerprint density at radius 2 is 2.25 bits per heavy atom. The molecule has 2 atom stereocenters. The van der Waals surface area contributed by atoms with Crippen LogP contribution in [-0.4, -0.2) is 78.2 Å². The summed E-state index contributed by atoms with van der Waals surface area (Å²) in [5, 5.41) is 11.8. The summed E-state index contributed by atoms with van der Waals surface area (Å²) < 4.78 is 0. The number of carboxylic acids is 1. The average Bonchev–Trinajstić information content (AvgIpc) is 2.42. The van der Waals surface area contributed by atoms with Crippen LogP contribution in [0.5, 0.6) is 0 Å². The predicted octanol–water partition coefficient (Wildman–Crippen LogP) is 0.928. The fourth-order valence-corrected chi connectivity index (χ4v) is 2.84. The number of hydrogen-bond acceptors (Lipinski definition) is 4. The Morgan fingerprint density at radius 3 is 2.80 bits per heavy atom. The number of likely N-dealkylation sites (N-methyl/N-ethyl adjacent to an activating group) is 2. The Bertz CT molecular complexity index is 341. The summed E-state index contributed by atoms with van der Waals surface area (Å²) in [5.74, 6) is -0.255. The lowest BCUT2D eigenvalue weighted by atomic mass is 10.1. The van der Waals surface area contributed by atoms with Crippen molar-refractivity contribution in [2.24, 2.45) is 0 Å². The molecule has 7 heteroatoms. The largest absolute Gasteiger partial charge is 0.480 e. The minimum absolute atomic E-state index is 0.156. The number of carboxylic acid groups (broad SMARTS) is 1. The number of carbonyl (C=O) groups excluding carboxylic acids is 1. The number of aliphatic carboxylic acids is 1. The molecule has 0 aromatic rings. The van der Waals surface area contributed by atoms with Crippen molar-refractivity contribution in [3.8, 4) is 0 Å². The zero-order valence-electron chi connectivity index (χ0n) is 12.5. The van der Waals surface area contributed by atoms with Crippen LogP contribution in [0.3, 0.4) is 0 Å². The van der Waals surface area contributed by atoms with E-state index in [-0.39, 0.29) is 12.1 Å². The summed E-state index contributed by atoms with van der Waals surface area (Å²) in [4.78, 5) is 27.1. The fraction of sp³-hybridized carbons (Fsp3) is 0.846. The van der Waals surface area contributed by atoms with E-state index < -0.39 is 12.0 Å². The van der Waals surface area contributed by atoms with E-state index in [1.165, 1.54) is 0 Å². The third-order valence-corrected chi connectivity index (χ3v) is 4.32. The molecule has 1 unspecified atom stereocenters. The van der Waals surface area contributed by atoms with E-state index in [0.29, 0.717) is 12.2 Å². The van der Waals surface area contributed by atoms with Crippen molar-refractivity contribution in [1.82, 2.24) is 15.1 Å². The van der Waals surface area contributed by atoms with Gasteiger partial charge in [-0.15, -0.1) is 0 Å². The third kappa shape index (κ3) is 5.20. The molecule has 1 heterocycles. The maximum Gasteiger partial charge on any atom is 0.326 e. The van der Waals surface area contributed by atoms with E-state index in [2.05, 4.69) is 10.2 Å². The van der Waals surface area contributed by atoms with Crippen molar-refractivity contribution in [3.05, 3.63) is 0 Å². The minimum Gasteiger partial charge on any atom is -0.480 e. The molecule has 0 aromatic carbocycles. The van der Waals surface area contributed by atoms with Gasteiger partial charge in [0.1, 0.15) is 6.04 Å². The lowest BCUT2D eigenvalue weighted by Crippen LogP contribution is -2.53. The standard InChI is InChI=1S/C13H25N3O3S/c1-15-7-4-5-10(9-15)16(2)13(19)14-11(12(17)18)6-8-20-3/h10-11H,4-9H2,1-3H3,(H,14,19)(H,17,18)/t10?,11-/m1/s1. The Morgan fingerprint density at radius 1 is 1.55 bits per heavy atom. The highest BCUT2D eigenvalue weighted by molar-refractivity contribution is 7.98. The first kappa shape index (κ1) is 17.1. The predicted molar refractivity (Wildman–Crippen MR) is 81.2 cm³/mol. The van der Waals surface area contributed by atoms with Crippen LogP contribution < -0.4 is 5.32 Å². The van der Waals surface area contributed by atoms with Gasteiger partial charge in [-0.25, -0.2) is 9.59 Å². The number of piperidine rings is 1. The highest BCUT2D eigenvalue weighted by Gasteiger charge is 2.27. The van der Waals surface area contributed by atoms with E-state index in [1.54, 1.807) is 23.7 Å². The second kappa shape index (κ2) is 8.36. The average molecular weight is 303 g/mol. The number of likely N-dealkylation sites (tertiary alicyclic amines) is 1. The molecule has 1 aliphatic rings. The molecule has 1 fully saturated rings. The zero-order valence-corrected chi connectivity index (χ0v) is 13.3. The quantitative estimate of drug-likeness (QED) is 0.763. The minimum atomic E-state index is -0.971. The molecule has 1 saturated heterocycles. The van der Waals surface area contributed by atoms with Crippen LogP contribution in [-0.2, 0) is 4.79 Å². The smallest absolute Gasteiger partial charge is 0.326 e. The fourth-order valence-electron chi connectivity index (χ4n) is 2.37. The SMILES string of the molecule is CSCC[C@@H](NC(=O)N(C)C1CCCN(C)C1)C(=O)O. The number of carbonyl (C=O) groups is 2. The van der Waals surface area contributed by atoms with Crippen LogP contribution in [0.25, 0.3) is 0 Å². The summed E-state index contributed by atoms with van der Waals surface area (Å²) in [6.45, 7) is 1.89. The van der Waals surface area contributed by atoms with E-state index >= 15 is 0 Å². The molecule has 0 aliphatic carbocycles. The number of hydrogen-bond donors (Lipinski definition) is 2. The first-order valence-corrected chi connectivity index (χ1v) is 8.28. The molecule has 0 aromatic heterocycles. The number of thioether (sulfide) groups is 1. The van der Waals surface area contributed by atoms with Gasteiger partial charge < -0.3 is 20.2 Å². The summed E-state index contributed by atoms with van der Waals surface area (Å²) >= 11 is 1.58. The second-order valence-electron chi connectivity index (χ2n) is 5.29. The molecular weight excluding hydrogens is 278 g/mol. The normalized spacial score (nSPS) is 21.2. The van der Waals surface area contributed by atoms with Gasteiger partial charge in [0.05, 0.1) is 0 Å². The zero-order chi connectivity index (χ0) is 15.1. The van der Waals surface area contributed by atoms with Crippen molar-refractivity contribution < 1.29 is 14.7 Å². The number of nitrogens with one attached hydrogen (secondary N) is 1. The van der Waals surface area contributed by atoms with Crippen LogP contribution in [0, 0.1) is 0 Å². The van der Waals surface area contributed by atoms with Gasteiger partial charge in [-0.3, -0.25) is 0 Å². The Kier molecular flexibility index (Phi) is 7.15. The highest BCUT2D eigenvalue weighted by Crippen LogP contribution is 2.13. The van der Waals surface area contributed by atoms with Crippen LogP contribution in [0.15, 0.2) is 0 Å². The summed E-state index contributed by atoms with van der Waals surface area (Å²) in [5.41, 5.74) is 0. The van der Waals surface area contributed by atoms with Crippen LogP contribution in [0.1, 0.15) is 19.3 Å². The summed E-state index contributed by atoms with van der Waals surface area (Å²) in [6.07, 6.45) is 4.40. The molecule has 2 amide bonds. The molecule has 1 aliphatic heterocycles. The van der Waals surface area contributed by atoms with Gasteiger partial charge in [0.2, 0.25) is 0 Å². The molecule has 0 radical (unpaired) electrons. The first-order chi connectivity index (χ1) is 9.45. The molecule has 2 N–H and O–H groups in total. The van der Waals surface area contributed by atoms with E-state index in [9.17, 15) is 9.59 Å². The van der Waals surface area contributed by atoms with Crippen LogP contribution in [0.2, 0.25) is 0 Å². The Balaban J connectivity index is 2.52. The van der Waals surface area contributed by atoms with Gasteiger partial charge in [-0.2, -0.15) is 11.8 Å². The van der Waals surface area contributed by atoms with E-state index in [0.717, 1.165) is 25.9 Å². The highest BCUT2D eigenvalue weighted by atomic mass is 32.2. The number of nitrogens with zero attached hydrogens (tertiary/aromatic N) is 2. The van der Waals surface area contributed by atoms with Crippen molar-refractivity contribution in [2.45, 2.75) is 31.3 Å². The molecule has 0 saturated carbocycles. The monoisotopic (exact) mass is 303 g/mol. The number of urea groups is 1. The van der Waals surface area contributed by atoms with E-state index in [4.69, 9.17) is 5.11 Å². The van der Waals surface area contributed by atoms with Gasteiger partial charge >= 0.3 is 12.0 Å². The Labute approximate surface area is 124 Å². The van der Waals surface area contributed by atoms with Gasteiger partial charge in [0.25, 0.3) is 0 Å². The lowest BCUT2D eigenvalue weighted by Gasteiger charge is -2.36. The summed E-state index contributed by atoms with van der Waals surface area (Å²) in [6, 6.07) is -0.943. The molecule has 0 bridgehead atoms. The van der Waals surface area contributed by atoms with Crippen molar-refractivity contribution in [2.75, 3.05) is 39.2 Å². The van der Waals surface area contributed by atoms with Gasteiger partial charge in [-0.05, 0) is 44.9 Å². The first-order valence-electron chi connectivity index (χ1n) is 6.89. The maximum atomic E-state index is 12.2. The maximum absolute atomic E-state index is 12.2. The summed E-state index contributed by atoms with van der Waals surface area (Å²) in [7, 11) is 3.78. The molecule has 116 valence electrons. The molecule has 0 spiro atoms. The topological polar surface area (TPSA) is 72.9 Å². The second-order valence-corrected chi connectivity index (χ2v) is 6.28. The molecule has 6 nitrogen and oxygen atoms in total. The van der Waals surface area contributed by atoms with Gasteiger partial charge in [-0.1, -0.05) is 0 Å². The van der Waals surface area contributed by atoms with Crippen molar-refractivity contribution in [3.63, 3.8) is 0 Å². The van der Waals surface area contributed by atoms with E-state index in [1.807, 2.05) is 13.3 Å². The Hall–Kier alpha value is -0.950. The number of rotatable bonds is 6. The lowest BCUT2D eigenvalue weighted by molar-refractivity contribution is -0.139. The van der Waals surface area contributed by atoms with Gasteiger partial charge in [0.15, 0.2) is 0 Å². The van der Waals surface area contributed by atoms with Crippen LogP contribution in [0.4, 0.5) is 4.79 Å². The van der Waals surface area contributed by atoms with Gasteiger partial charge in [0, 0.05) is 19.6 Å².